The SMILES string of the molecule is N#CCCOCC(F)(F)[C@H](F)C(F)(F)F. The lowest BCUT2D eigenvalue weighted by molar-refractivity contribution is -0.255. The van der Waals surface area contributed by atoms with Gasteiger partial charge in [0.1, 0.15) is 6.61 Å². The van der Waals surface area contributed by atoms with Crippen LogP contribution in [0.25, 0.3) is 0 Å². The van der Waals surface area contributed by atoms with Crippen molar-refractivity contribution in [1.82, 2.24) is 0 Å². The number of alkyl halides is 6. The van der Waals surface area contributed by atoms with Gasteiger partial charge in [-0.3, -0.25) is 0 Å². The molecule has 0 spiro atoms. The largest absolute Gasteiger partial charge is 0.425 e. The van der Waals surface area contributed by atoms with Gasteiger partial charge >= 0.3 is 12.1 Å². The standard InChI is InChI=1S/C7H7F6NO/c8-5(7(11,12)13)6(9,10)4-15-3-1-2-14/h5H,1,3-4H2/t5-/m0/s1. The van der Waals surface area contributed by atoms with Crippen LogP contribution in [0.1, 0.15) is 6.42 Å². The number of hydrogen-bond acceptors (Lipinski definition) is 2. The van der Waals surface area contributed by atoms with E-state index in [1.807, 2.05) is 0 Å². The first kappa shape index (κ1) is 14.0. The minimum Gasteiger partial charge on any atom is -0.374 e. The van der Waals surface area contributed by atoms with E-state index < -0.39 is 31.5 Å². The Kier molecular flexibility index (Phi) is 4.87. The van der Waals surface area contributed by atoms with Crippen molar-refractivity contribution in [3.63, 3.8) is 0 Å². The Morgan fingerprint density at radius 1 is 1.20 bits per heavy atom. The fraction of sp³-hybridized carbons (Fsp3) is 0.857. The van der Waals surface area contributed by atoms with E-state index in [1.54, 1.807) is 0 Å². The molecule has 8 heteroatoms. The van der Waals surface area contributed by atoms with Crippen LogP contribution in [0.5, 0.6) is 0 Å². The van der Waals surface area contributed by atoms with Crippen molar-refractivity contribution in [2.45, 2.75) is 24.7 Å². The van der Waals surface area contributed by atoms with Gasteiger partial charge in [-0.2, -0.15) is 18.4 Å². The number of nitrogens with zero attached hydrogens (tertiary/aromatic N) is 1. The van der Waals surface area contributed by atoms with Crippen LogP contribution in [0.4, 0.5) is 26.3 Å². The lowest BCUT2D eigenvalue weighted by atomic mass is 10.2. The minimum absolute atomic E-state index is 0.251. The molecular weight excluding hydrogens is 228 g/mol. The number of halogens is 6. The second-order valence-electron chi connectivity index (χ2n) is 2.63. The van der Waals surface area contributed by atoms with Crippen LogP contribution in [0.2, 0.25) is 0 Å². The van der Waals surface area contributed by atoms with Gasteiger partial charge in [0.25, 0.3) is 6.17 Å². The summed E-state index contributed by atoms with van der Waals surface area (Å²) in [5, 5.41) is 7.96. The van der Waals surface area contributed by atoms with Crippen molar-refractivity contribution < 1.29 is 31.1 Å². The van der Waals surface area contributed by atoms with E-state index in [2.05, 4.69) is 4.74 Å². The predicted molar refractivity (Wildman–Crippen MR) is 36.9 cm³/mol. The first-order valence-corrected chi connectivity index (χ1v) is 3.75. The molecule has 0 radical (unpaired) electrons. The zero-order chi connectivity index (χ0) is 12.1. The van der Waals surface area contributed by atoms with Gasteiger partial charge < -0.3 is 4.74 Å². The second kappa shape index (κ2) is 5.21. The predicted octanol–water partition coefficient (Wildman–Crippen LogP) is 2.45. The summed E-state index contributed by atoms with van der Waals surface area (Å²) in [4.78, 5) is 0. The third-order valence-electron chi connectivity index (χ3n) is 1.31. The summed E-state index contributed by atoms with van der Waals surface area (Å²) in [5.41, 5.74) is 0. The monoisotopic (exact) mass is 235 g/mol. The van der Waals surface area contributed by atoms with E-state index >= 15 is 0 Å². The Labute approximate surface area is 81.4 Å². The molecule has 0 amide bonds. The maximum absolute atomic E-state index is 12.4. The van der Waals surface area contributed by atoms with Crippen LogP contribution in [0.15, 0.2) is 0 Å². The second-order valence-corrected chi connectivity index (χ2v) is 2.63. The maximum Gasteiger partial charge on any atom is 0.425 e. The third kappa shape index (κ3) is 4.88. The van der Waals surface area contributed by atoms with Crippen LogP contribution < -0.4 is 0 Å². The van der Waals surface area contributed by atoms with E-state index in [0.717, 1.165) is 0 Å². The zero-order valence-corrected chi connectivity index (χ0v) is 7.32. The van der Waals surface area contributed by atoms with Crippen molar-refractivity contribution >= 4 is 0 Å². The van der Waals surface area contributed by atoms with Crippen LogP contribution in [-0.4, -0.2) is 31.5 Å². The van der Waals surface area contributed by atoms with Crippen LogP contribution in [0.3, 0.4) is 0 Å². The molecule has 0 rings (SSSR count). The molecule has 0 fully saturated rings. The molecule has 0 aromatic heterocycles. The van der Waals surface area contributed by atoms with Crippen molar-refractivity contribution in [2.24, 2.45) is 0 Å². The fourth-order valence-corrected chi connectivity index (χ4v) is 0.639. The smallest absolute Gasteiger partial charge is 0.374 e. The van der Waals surface area contributed by atoms with Crippen LogP contribution in [0, 0.1) is 11.3 Å². The van der Waals surface area contributed by atoms with E-state index in [-0.39, 0.29) is 6.42 Å². The lowest BCUT2D eigenvalue weighted by Crippen LogP contribution is -2.44. The molecule has 0 aliphatic carbocycles. The van der Waals surface area contributed by atoms with Gasteiger partial charge in [0.15, 0.2) is 0 Å². The highest BCUT2D eigenvalue weighted by Gasteiger charge is 2.56. The Bertz CT molecular complexity index is 233. The molecule has 1 atom stereocenters. The highest BCUT2D eigenvalue weighted by Crippen LogP contribution is 2.34. The Hall–Kier alpha value is -0.970. The molecule has 0 aliphatic rings. The molecule has 0 N–H and O–H groups in total. The number of hydrogen-bond donors (Lipinski definition) is 0. The molecule has 0 saturated carbocycles. The number of ether oxygens (including phenoxy) is 1. The van der Waals surface area contributed by atoms with E-state index in [4.69, 9.17) is 5.26 Å². The first-order chi connectivity index (χ1) is 6.72. The minimum atomic E-state index is -5.62. The lowest BCUT2D eigenvalue weighted by Gasteiger charge is -2.22. The maximum atomic E-state index is 12.4. The first-order valence-electron chi connectivity index (χ1n) is 3.75. The highest BCUT2D eigenvalue weighted by atomic mass is 19.4. The average Bonchev–Trinajstić information content (AvgIpc) is 2.10. The fourth-order valence-electron chi connectivity index (χ4n) is 0.639. The summed E-state index contributed by atoms with van der Waals surface area (Å²) in [6, 6.07) is 1.53. The van der Waals surface area contributed by atoms with Gasteiger partial charge in [0, 0.05) is 0 Å². The zero-order valence-electron chi connectivity index (χ0n) is 7.32. The third-order valence-corrected chi connectivity index (χ3v) is 1.31. The van der Waals surface area contributed by atoms with E-state index in [0.29, 0.717) is 0 Å². The molecule has 15 heavy (non-hydrogen) atoms. The van der Waals surface area contributed by atoms with Gasteiger partial charge in [-0.1, -0.05) is 0 Å². The van der Waals surface area contributed by atoms with Gasteiger partial charge in [-0.15, -0.1) is 0 Å². The molecule has 0 unspecified atom stereocenters. The van der Waals surface area contributed by atoms with Crippen molar-refractivity contribution in [3.05, 3.63) is 0 Å². The normalized spacial score (nSPS) is 14.7. The average molecular weight is 235 g/mol. The summed E-state index contributed by atoms with van der Waals surface area (Å²) in [6.45, 7) is -2.16. The van der Waals surface area contributed by atoms with Crippen molar-refractivity contribution in [3.8, 4) is 6.07 Å². The molecule has 0 aromatic rings. The van der Waals surface area contributed by atoms with Crippen molar-refractivity contribution in [2.75, 3.05) is 13.2 Å². The molecule has 0 heterocycles. The summed E-state index contributed by atoms with van der Waals surface area (Å²) in [5.74, 6) is -4.63. The number of rotatable bonds is 5. The molecule has 0 aromatic carbocycles. The topological polar surface area (TPSA) is 33.0 Å². The summed E-state index contributed by atoms with van der Waals surface area (Å²) >= 11 is 0. The van der Waals surface area contributed by atoms with Crippen molar-refractivity contribution in [1.29, 1.82) is 5.26 Å². The van der Waals surface area contributed by atoms with E-state index in [1.165, 1.54) is 6.07 Å². The Morgan fingerprint density at radius 2 is 1.73 bits per heavy atom. The molecule has 0 aliphatic heterocycles. The quantitative estimate of drug-likeness (QED) is 0.541. The van der Waals surface area contributed by atoms with Gasteiger partial charge in [-0.25, -0.2) is 13.2 Å². The molecule has 0 bridgehead atoms. The summed E-state index contributed by atoms with van der Waals surface area (Å²) in [7, 11) is 0. The van der Waals surface area contributed by atoms with E-state index in [9.17, 15) is 26.3 Å². The number of nitriles is 1. The van der Waals surface area contributed by atoms with Crippen LogP contribution in [-0.2, 0) is 4.74 Å². The van der Waals surface area contributed by atoms with Crippen LogP contribution >= 0.6 is 0 Å². The van der Waals surface area contributed by atoms with Gasteiger partial charge in [0.2, 0.25) is 0 Å². The molecule has 88 valence electrons. The summed E-state index contributed by atoms with van der Waals surface area (Å²) < 4.78 is 75.8. The summed E-state index contributed by atoms with van der Waals surface area (Å²) in [6.07, 6.45) is -10.1. The van der Waals surface area contributed by atoms with Gasteiger partial charge in [0.05, 0.1) is 19.1 Å². The Morgan fingerprint density at radius 3 is 2.13 bits per heavy atom. The highest BCUT2D eigenvalue weighted by molar-refractivity contribution is 4.82. The molecule has 2 nitrogen and oxygen atoms in total. The molecular formula is C7H7F6NO. The van der Waals surface area contributed by atoms with Gasteiger partial charge in [-0.05, 0) is 0 Å². The Balaban J connectivity index is 4.12. The molecule has 0 saturated heterocycles.